The quantitative estimate of drug-likeness (QED) is 0.825. The van der Waals surface area contributed by atoms with E-state index < -0.39 is 24.0 Å². The number of carbonyl (C=O) groups is 3. The number of pyridine rings is 1. The van der Waals surface area contributed by atoms with Gasteiger partial charge in [0.1, 0.15) is 5.65 Å². The molecule has 2 rings (SSSR count). The zero-order valence-corrected chi connectivity index (χ0v) is 14.0. The highest BCUT2D eigenvalue weighted by atomic mass is 16.5. The summed E-state index contributed by atoms with van der Waals surface area (Å²) in [6, 6.07) is 4.72. The van der Waals surface area contributed by atoms with Crippen molar-refractivity contribution in [1.29, 1.82) is 0 Å². The minimum atomic E-state index is -1.12. The second kappa shape index (κ2) is 7.12. The summed E-state index contributed by atoms with van der Waals surface area (Å²) in [6.07, 6.45) is 0.421. The third-order valence-electron chi connectivity index (χ3n) is 3.21. The third kappa shape index (κ3) is 4.09. The van der Waals surface area contributed by atoms with Crippen molar-refractivity contribution in [1.82, 2.24) is 20.0 Å². The summed E-state index contributed by atoms with van der Waals surface area (Å²) < 4.78 is 6.81. The lowest BCUT2D eigenvalue weighted by Crippen LogP contribution is -2.46. The molecule has 0 aliphatic heterocycles. The number of carbonyl (C=O) groups excluding carboxylic acids is 3. The Morgan fingerprint density at radius 1 is 1.21 bits per heavy atom. The first kappa shape index (κ1) is 17.5. The second-order valence-electron chi connectivity index (χ2n) is 5.69. The van der Waals surface area contributed by atoms with Crippen molar-refractivity contribution < 1.29 is 19.1 Å². The summed E-state index contributed by atoms with van der Waals surface area (Å²) >= 11 is 0. The van der Waals surface area contributed by atoms with Crippen LogP contribution in [0.1, 0.15) is 37.0 Å². The molecule has 0 radical (unpaired) electrons. The van der Waals surface area contributed by atoms with Crippen molar-refractivity contribution >= 4 is 23.6 Å². The van der Waals surface area contributed by atoms with E-state index in [2.05, 4.69) is 15.6 Å². The van der Waals surface area contributed by atoms with Gasteiger partial charge in [-0.25, -0.2) is 14.6 Å². The molecule has 1 atom stereocenters. The molecule has 3 amide bonds. The van der Waals surface area contributed by atoms with Gasteiger partial charge in [-0.1, -0.05) is 6.07 Å². The molecule has 0 spiro atoms. The molecule has 0 aliphatic carbocycles. The highest BCUT2D eigenvalue weighted by Crippen LogP contribution is 2.10. The van der Waals surface area contributed by atoms with Crippen LogP contribution < -0.4 is 10.6 Å². The molecule has 0 aromatic carbocycles. The number of aromatic nitrogens is 2. The van der Waals surface area contributed by atoms with Gasteiger partial charge in [0.05, 0.1) is 0 Å². The zero-order chi connectivity index (χ0) is 17.9. The van der Waals surface area contributed by atoms with Crippen LogP contribution in [0, 0.1) is 6.92 Å². The van der Waals surface area contributed by atoms with Crippen molar-refractivity contribution in [3.05, 3.63) is 35.8 Å². The number of nitrogens with one attached hydrogen (secondary N) is 2. The van der Waals surface area contributed by atoms with Crippen LogP contribution in [0.25, 0.3) is 5.65 Å². The smallest absolute Gasteiger partial charge is 0.359 e. The Balaban J connectivity index is 2.01. The van der Waals surface area contributed by atoms with Crippen LogP contribution in [-0.2, 0) is 9.53 Å². The van der Waals surface area contributed by atoms with Gasteiger partial charge in [0, 0.05) is 17.9 Å². The van der Waals surface area contributed by atoms with Gasteiger partial charge in [-0.2, -0.15) is 0 Å². The van der Waals surface area contributed by atoms with Crippen LogP contribution in [0.4, 0.5) is 4.79 Å². The number of aryl methyl sites for hydroxylation is 1. The first-order chi connectivity index (χ1) is 11.3. The highest BCUT2D eigenvalue weighted by molar-refractivity contribution is 5.98. The Labute approximate surface area is 139 Å². The Kier molecular flexibility index (Phi) is 5.18. The van der Waals surface area contributed by atoms with Crippen molar-refractivity contribution in [2.24, 2.45) is 0 Å². The van der Waals surface area contributed by atoms with Gasteiger partial charge in [0.2, 0.25) is 0 Å². The summed E-state index contributed by atoms with van der Waals surface area (Å²) in [5.41, 5.74) is 1.61. The average molecular weight is 332 g/mol. The van der Waals surface area contributed by atoms with E-state index in [0.717, 1.165) is 5.69 Å². The topological polar surface area (TPSA) is 102 Å². The predicted octanol–water partition coefficient (Wildman–Crippen LogP) is 1.42. The molecule has 0 fully saturated rings. The van der Waals surface area contributed by atoms with Crippen molar-refractivity contribution in [2.75, 3.05) is 0 Å². The number of urea groups is 1. The lowest BCUT2D eigenvalue weighted by molar-refractivity contribution is -0.127. The second-order valence-corrected chi connectivity index (χ2v) is 5.69. The van der Waals surface area contributed by atoms with Crippen LogP contribution in [-0.4, -0.2) is 39.4 Å². The minimum absolute atomic E-state index is 0.0931. The lowest BCUT2D eigenvalue weighted by atomic mass is 10.3. The summed E-state index contributed by atoms with van der Waals surface area (Å²) in [4.78, 5) is 39.6. The molecular weight excluding hydrogens is 312 g/mol. The van der Waals surface area contributed by atoms with Gasteiger partial charge in [0.15, 0.2) is 11.8 Å². The van der Waals surface area contributed by atoms with Crippen molar-refractivity contribution in [3.8, 4) is 0 Å². The summed E-state index contributed by atoms with van der Waals surface area (Å²) in [7, 11) is 0. The van der Waals surface area contributed by atoms with Gasteiger partial charge in [0.25, 0.3) is 5.91 Å². The molecule has 0 bridgehead atoms. The Morgan fingerprint density at radius 2 is 1.92 bits per heavy atom. The Hall–Kier alpha value is -2.90. The molecule has 2 N–H and O–H groups in total. The largest absolute Gasteiger partial charge is 0.448 e. The fourth-order valence-electron chi connectivity index (χ4n) is 2.03. The number of hydrogen-bond donors (Lipinski definition) is 2. The minimum Gasteiger partial charge on any atom is -0.448 e. The molecule has 8 nitrogen and oxygen atoms in total. The van der Waals surface area contributed by atoms with E-state index in [4.69, 9.17) is 4.74 Å². The molecule has 128 valence electrons. The molecule has 8 heteroatoms. The maximum Gasteiger partial charge on any atom is 0.359 e. The zero-order valence-electron chi connectivity index (χ0n) is 14.0. The van der Waals surface area contributed by atoms with Crippen LogP contribution in [0.5, 0.6) is 0 Å². The Morgan fingerprint density at radius 3 is 2.54 bits per heavy atom. The van der Waals surface area contributed by atoms with Crippen LogP contribution >= 0.6 is 0 Å². The first-order valence-corrected chi connectivity index (χ1v) is 7.55. The number of imide groups is 1. The van der Waals surface area contributed by atoms with Crippen LogP contribution in [0.3, 0.4) is 0 Å². The van der Waals surface area contributed by atoms with E-state index in [1.54, 1.807) is 30.5 Å². The standard InChI is InChI=1S/C16H20N4O4/c1-9(2)17-16(23)19-14(21)11(4)24-15(22)12-8-20-10(3)6-5-7-13(20)18-12/h5-9,11H,1-4H3,(H2,17,19,21,23)/t11-/m0/s1. The van der Waals surface area contributed by atoms with Gasteiger partial charge in [-0.3, -0.25) is 10.1 Å². The number of hydrogen-bond acceptors (Lipinski definition) is 5. The van der Waals surface area contributed by atoms with E-state index >= 15 is 0 Å². The van der Waals surface area contributed by atoms with Crippen molar-refractivity contribution in [2.45, 2.75) is 39.8 Å². The maximum atomic E-state index is 12.1. The number of amides is 3. The van der Waals surface area contributed by atoms with E-state index in [1.807, 2.05) is 19.1 Å². The summed E-state index contributed by atoms with van der Waals surface area (Å²) in [6.45, 7) is 6.79. The molecule has 0 unspecified atom stereocenters. The third-order valence-corrected chi connectivity index (χ3v) is 3.21. The SMILES string of the molecule is Cc1cccc2nc(C(=O)O[C@@H](C)C(=O)NC(=O)NC(C)C)cn12. The molecule has 0 saturated carbocycles. The van der Waals surface area contributed by atoms with E-state index in [1.165, 1.54) is 6.92 Å². The number of nitrogens with zero attached hydrogens (tertiary/aromatic N) is 2. The molecule has 0 aliphatic rings. The molecule has 24 heavy (non-hydrogen) atoms. The Bertz CT molecular complexity index is 781. The molecule has 2 aromatic heterocycles. The lowest BCUT2D eigenvalue weighted by Gasteiger charge is -2.13. The maximum absolute atomic E-state index is 12.1. The molecule has 2 heterocycles. The first-order valence-electron chi connectivity index (χ1n) is 7.55. The number of esters is 1. The number of rotatable bonds is 4. The van der Waals surface area contributed by atoms with Crippen molar-refractivity contribution in [3.63, 3.8) is 0 Å². The average Bonchev–Trinajstić information content (AvgIpc) is 2.91. The van der Waals surface area contributed by atoms with Gasteiger partial charge >= 0.3 is 12.0 Å². The summed E-state index contributed by atoms with van der Waals surface area (Å²) in [5.74, 6) is -1.44. The van der Waals surface area contributed by atoms with E-state index in [0.29, 0.717) is 5.65 Å². The van der Waals surface area contributed by atoms with Crippen LogP contribution in [0.2, 0.25) is 0 Å². The fraction of sp³-hybridized carbons (Fsp3) is 0.375. The van der Waals surface area contributed by atoms with E-state index in [9.17, 15) is 14.4 Å². The predicted molar refractivity (Wildman–Crippen MR) is 86.6 cm³/mol. The van der Waals surface area contributed by atoms with E-state index in [-0.39, 0.29) is 11.7 Å². The van der Waals surface area contributed by atoms with Gasteiger partial charge in [-0.15, -0.1) is 0 Å². The molecule has 0 saturated heterocycles. The highest BCUT2D eigenvalue weighted by Gasteiger charge is 2.22. The molecular formula is C16H20N4O4. The number of ether oxygens (including phenoxy) is 1. The molecule has 2 aromatic rings. The van der Waals surface area contributed by atoms with Gasteiger partial charge < -0.3 is 14.5 Å². The van der Waals surface area contributed by atoms with Gasteiger partial charge in [-0.05, 0) is 39.8 Å². The number of fused-ring (bicyclic) bond motifs is 1. The fourth-order valence-corrected chi connectivity index (χ4v) is 2.03. The number of imidazole rings is 1. The monoisotopic (exact) mass is 332 g/mol. The normalized spacial score (nSPS) is 12.0. The van der Waals surface area contributed by atoms with Crippen LogP contribution in [0.15, 0.2) is 24.4 Å². The summed E-state index contributed by atoms with van der Waals surface area (Å²) in [5, 5.41) is 4.62.